The van der Waals surface area contributed by atoms with Gasteiger partial charge >= 0.3 is 6.09 Å². The summed E-state index contributed by atoms with van der Waals surface area (Å²) >= 11 is 1.25. The molecule has 0 bridgehead atoms. The highest BCUT2D eigenvalue weighted by atomic mass is 32.2. The molecule has 2 amide bonds. The maximum absolute atomic E-state index is 11.4. The quantitative estimate of drug-likeness (QED) is 0.658. The number of hydrogen-bond acceptors (Lipinski definition) is 6. The van der Waals surface area contributed by atoms with Gasteiger partial charge in [-0.2, -0.15) is 0 Å². The van der Waals surface area contributed by atoms with E-state index in [1.807, 2.05) is 6.92 Å². The molecule has 1 rings (SSSR count). The average molecular weight is 269 g/mol. The maximum atomic E-state index is 11.4. The van der Waals surface area contributed by atoms with E-state index in [1.54, 1.807) is 19.9 Å². The number of carbonyl (C=O) groups is 2. The minimum atomic E-state index is -0.724. The molecule has 0 saturated carbocycles. The van der Waals surface area contributed by atoms with Crippen molar-refractivity contribution >= 4 is 23.8 Å². The van der Waals surface area contributed by atoms with Gasteiger partial charge in [-0.05, 0) is 26.8 Å². The van der Waals surface area contributed by atoms with Crippen LogP contribution < -0.4 is 5.32 Å². The smallest absolute Gasteiger partial charge is 0.413 e. The number of carbonyl (C=O) groups excluding carboxylic acids is 2. The number of ether oxygens (including phenoxy) is 1. The van der Waals surface area contributed by atoms with Crippen LogP contribution in [0.4, 0.5) is 4.79 Å². The van der Waals surface area contributed by atoms with E-state index < -0.39 is 12.0 Å². The highest BCUT2D eigenvalue weighted by molar-refractivity contribution is 7.99. The summed E-state index contributed by atoms with van der Waals surface area (Å²) in [6.07, 6.45) is -0.724. The third-order valence-electron chi connectivity index (χ3n) is 1.81. The summed E-state index contributed by atoms with van der Waals surface area (Å²) in [4.78, 5) is 30.7. The van der Waals surface area contributed by atoms with Crippen LogP contribution in [0.15, 0.2) is 11.1 Å². The second kappa shape index (κ2) is 6.95. The molecule has 0 aliphatic carbocycles. The van der Waals surface area contributed by atoms with Gasteiger partial charge < -0.3 is 4.74 Å². The van der Waals surface area contributed by atoms with Crippen molar-refractivity contribution in [2.24, 2.45) is 0 Å². The summed E-state index contributed by atoms with van der Waals surface area (Å²) in [6, 6.07) is 1.79. The van der Waals surface area contributed by atoms with Crippen molar-refractivity contribution in [1.82, 2.24) is 15.3 Å². The molecular formula is C11H15N3O3S. The maximum Gasteiger partial charge on any atom is 0.413 e. The number of imide groups is 1. The molecule has 7 heteroatoms. The van der Waals surface area contributed by atoms with Crippen LogP contribution in [0.1, 0.15) is 18.4 Å². The molecule has 0 aliphatic rings. The number of nitrogens with one attached hydrogen (secondary N) is 1. The fraction of sp³-hybridized carbons (Fsp3) is 0.455. The number of aryl methyl sites for hydroxylation is 2. The number of alkyl carbamates (subject to hydrolysis) is 1. The van der Waals surface area contributed by atoms with Crippen molar-refractivity contribution < 1.29 is 14.3 Å². The predicted octanol–water partition coefficient (Wildman–Crippen LogP) is 1.46. The fourth-order valence-electron chi connectivity index (χ4n) is 1.21. The Labute approximate surface area is 110 Å². The second-order valence-corrected chi connectivity index (χ2v) is 4.45. The van der Waals surface area contributed by atoms with Gasteiger partial charge in [0, 0.05) is 5.69 Å². The van der Waals surface area contributed by atoms with Crippen LogP contribution in [0.5, 0.6) is 0 Å². The zero-order chi connectivity index (χ0) is 13.5. The van der Waals surface area contributed by atoms with Gasteiger partial charge in [0.15, 0.2) is 0 Å². The van der Waals surface area contributed by atoms with Crippen LogP contribution in [0.2, 0.25) is 0 Å². The van der Waals surface area contributed by atoms with E-state index in [0.717, 1.165) is 5.69 Å². The van der Waals surface area contributed by atoms with Gasteiger partial charge in [0.2, 0.25) is 5.91 Å². The predicted molar refractivity (Wildman–Crippen MR) is 67.4 cm³/mol. The first-order valence-electron chi connectivity index (χ1n) is 5.43. The Hall–Kier alpha value is -1.63. The van der Waals surface area contributed by atoms with Gasteiger partial charge in [0.05, 0.1) is 12.4 Å². The van der Waals surface area contributed by atoms with Crippen molar-refractivity contribution in [1.29, 1.82) is 0 Å². The molecule has 0 saturated heterocycles. The zero-order valence-corrected chi connectivity index (χ0v) is 11.3. The summed E-state index contributed by atoms with van der Waals surface area (Å²) in [6.45, 7) is 5.55. The molecule has 98 valence electrons. The largest absolute Gasteiger partial charge is 0.450 e. The Balaban J connectivity index is 2.45. The molecule has 0 aliphatic heterocycles. The molecule has 0 atom stereocenters. The normalized spacial score (nSPS) is 9.94. The van der Waals surface area contributed by atoms with Crippen LogP contribution in [-0.2, 0) is 9.53 Å². The van der Waals surface area contributed by atoms with Crippen LogP contribution >= 0.6 is 11.8 Å². The standard InChI is InChI=1S/C11H15N3O3S/c1-4-17-11(16)14-9(15)6-18-10-5-7(2)12-8(3)13-10/h5H,4,6H2,1-3H3,(H,14,15,16). The first-order chi connectivity index (χ1) is 8.51. The van der Waals surface area contributed by atoms with E-state index in [0.29, 0.717) is 10.9 Å². The van der Waals surface area contributed by atoms with Gasteiger partial charge in [-0.25, -0.2) is 14.8 Å². The van der Waals surface area contributed by atoms with Crippen molar-refractivity contribution in [3.8, 4) is 0 Å². The van der Waals surface area contributed by atoms with Gasteiger partial charge in [-0.1, -0.05) is 11.8 Å². The lowest BCUT2D eigenvalue weighted by Gasteiger charge is -2.04. The van der Waals surface area contributed by atoms with Gasteiger partial charge in [0.25, 0.3) is 0 Å². The summed E-state index contributed by atoms with van der Waals surface area (Å²) in [5, 5.41) is 2.82. The molecular weight excluding hydrogens is 254 g/mol. The van der Waals surface area contributed by atoms with Gasteiger partial charge in [-0.3, -0.25) is 10.1 Å². The fourth-order valence-corrected chi connectivity index (χ4v) is 2.02. The second-order valence-electron chi connectivity index (χ2n) is 3.45. The Bertz CT molecular complexity index is 431. The summed E-state index contributed by atoms with van der Waals surface area (Å²) in [5.74, 6) is 0.352. The molecule has 0 radical (unpaired) electrons. The van der Waals surface area contributed by atoms with Crippen LogP contribution in [0, 0.1) is 13.8 Å². The van der Waals surface area contributed by atoms with Crippen molar-refractivity contribution in [2.45, 2.75) is 25.8 Å². The van der Waals surface area contributed by atoms with Crippen molar-refractivity contribution in [3.05, 3.63) is 17.6 Å². The highest BCUT2D eigenvalue weighted by Crippen LogP contribution is 2.15. The van der Waals surface area contributed by atoms with Crippen LogP contribution in [0.3, 0.4) is 0 Å². The Morgan fingerprint density at radius 1 is 1.39 bits per heavy atom. The molecule has 0 aromatic carbocycles. The molecule has 1 aromatic rings. The number of nitrogens with zero attached hydrogens (tertiary/aromatic N) is 2. The van der Waals surface area contributed by atoms with E-state index in [2.05, 4.69) is 20.0 Å². The topological polar surface area (TPSA) is 81.2 Å². The Kier molecular flexibility index (Phi) is 5.57. The molecule has 1 N–H and O–H groups in total. The number of thioether (sulfide) groups is 1. The van der Waals surface area contributed by atoms with E-state index in [1.165, 1.54) is 11.8 Å². The first-order valence-corrected chi connectivity index (χ1v) is 6.41. The van der Waals surface area contributed by atoms with Crippen LogP contribution in [-0.4, -0.2) is 34.3 Å². The van der Waals surface area contributed by atoms with E-state index in [4.69, 9.17) is 0 Å². The lowest BCUT2D eigenvalue weighted by atomic mass is 10.4. The molecule has 1 heterocycles. The van der Waals surface area contributed by atoms with Crippen LogP contribution in [0.25, 0.3) is 0 Å². The molecule has 0 unspecified atom stereocenters. The SMILES string of the molecule is CCOC(=O)NC(=O)CSc1cc(C)nc(C)n1. The molecule has 0 spiro atoms. The number of amides is 2. The monoisotopic (exact) mass is 269 g/mol. The zero-order valence-electron chi connectivity index (χ0n) is 10.5. The number of rotatable bonds is 4. The van der Waals surface area contributed by atoms with Crippen molar-refractivity contribution in [3.63, 3.8) is 0 Å². The number of hydrogen-bond donors (Lipinski definition) is 1. The molecule has 0 fully saturated rings. The Morgan fingerprint density at radius 3 is 2.72 bits per heavy atom. The van der Waals surface area contributed by atoms with Gasteiger partial charge in [0.1, 0.15) is 10.9 Å². The molecule has 18 heavy (non-hydrogen) atoms. The Morgan fingerprint density at radius 2 is 2.11 bits per heavy atom. The summed E-state index contributed by atoms with van der Waals surface area (Å²) < 4.78 is 4.60. The average Bonchev–Trinajstić information content (AvgIpc) is 2.25. The van der Waals surface area contributed by atoms with Crippen molar-refractivity contribution in [2.75, 3.05) is 12.4 Å². The van der Waals surface area contributed by atoms with E-state index >= 15 is 0 Å². The third-order valence-corrected chi connectivity index (χ3v) is 2.72. The minimum absolute atomic E-state index is 0.106. The minimum Gasteiger partial charge on any atom is -0.450 e. The highest BCUT2D eigenvalue weighted by Gasteiger charge is 2.09. The number of aromatic nitrogens is 2. The lowest BCUT2D eigenvalue weighted by Crippen LogP contribution is -2.32. The molecule has 6 nitrogen and oxygen atoms in total. The first kappa shape index (κ1) is 14.4. The van der Waals surface area contributed by atoms with E-state index in [9.17, 15) is 9.59 Å². The van der Waals surface area contributed by atoms with Gasteiger partial charge in [-0.15, -0.1) is 0 Å². The summed E-state index contributed by atoms with van der Waals surface area (Å²) in [7, 11) is 0. The third kappa shape index (κ3) is 5.13. The molecule has 1 aromatic heterocycles. The van der Waals surface area contributed by atoms with E-state index in [-0.39, 0.29) is 12.4 Å². The summed E-state index contributed by atoms with van der Waals surface area (Å²) in [5.41, 5.74) is 0.843. The lowest BCUT2D eigenvalue weighted by molar-refractivity contribution is -0.117.